The van der Waals surface area contributed by atoms with Gasteiger partial charge in [-0.15, -0.1) is 0 Å². The predicted molar refractivity (Wildman–Crippen MR) is 94.1 cm³/mol. The van der Waals surface area contributed by atoms with Gasteiger partial charge in [0.05, 0.1) is 12.8 Å². The zero-order chi connectivity index (χ0) is 16.8. The molecule has 0 saturated carbocycles. The molecule has 1 amide bonds. The molecule has 0 aromatic heterocycles. The van der Waals surface area contributed by atoms with Crippen molar-refractivity contribution in [3.63, 3.8) is 0 Å². The average Bonchev–Trinajstić information content (AvgIpc) is 2.55. The highest BCUT2D eigenvalue weighted by molar-refractivity contribution is 9.10. The van der Waals surface area contributed by atoms with Crippen LogP contribution in [0, 0.1) is 6.92 Å². The normalized spacial score (nSPS) is 10.2. The Bertz CT molecular complexity index is 728. The lowest BCUT2D eigenvalue weighted by Crippen LogP contribution is -2.14. The zero-order valence-corrected chi connectivity index (χ0v) is 14.6. The molecule has 0 aliphatic carbocycles. The van der Waals surface area contributed by atoms with E-state index in [1.807, 2.05) is 25.1 Å². The van der Waals surface area contributed by atoms with E-state index in [0.29, 0.717) is 17.0 Å². The number of hydrogen-bond acceptors (Lipinski definition) is 3. The number of ketones is 1. The van der Waals surface area contributed by atoms with Crippen LogP contribution < -0.4 is 10.1 Å². The lowest BCUT2D eigenvalue weighted by Gasteiger charge is -2.08. The van der Waals surface area contributed by atoms with E-state index in [-0.39, 0.29) is 24.5 Å². The SMILES string of the molecule is COc1cccc(C(=O)CCC(=O)Nc2ccc(C)cc2Br)c1. The van der Waals surface area contributed by atoms with Gasteiger partial charge in [-0.3, -0.25) is 9.59 Å². The van der Waals surface area contributed by atoms with Crippen molar-refractivity contribution in [1.29, 1.82) is 0 Å². The molecule has 23 heavy (non-hydrogen) atoms. The molecular formula is C18H18BrNO3. The lowest BCUT2D eigenvalue weighted by atomic mass is 10.1. The molecule has 0 aliphatic rings. The average molecular weight is 376 g/mol. The van der Waals surface area contributed by atoms with Crippen LogP contribution in [0.15, 0.2) is 46.9 Å². The van der Waals surface area contributed by atoms with E-state index >= 15 is 0 Å². The molecule has 1 N–H and O–H groups in total. The van der Waals surface area contributed by atoms with Crippen LogP contribution in [-0.2, 0) is 4.79 Å². The van der Waals surface area contributed by atoms with Crippen molar-refractivity contribution in [3.05, 3.63) is 58.1 Å². The third kappa shape index (κ3) is 4.93. The van der Waals surface area contributed by atoms with Crippen molar-refractivity contribution < 1.29 is 14.3 Å². The maximum absolute atomic E-state index is 12.1. The van der Waals surface area contributed by atoms with Crippen molar-refractivity contribution in [2.45, 2.75) is 19.8 Å². The first-order chi connectivity index (χ1) is 11.0. The van der Waals surface area contributed by atoms with E-state index in [9.17, 15) is 9.59 Å². The summed E-state index contributed by atoms with van der Waals surface area (Å²) in [6, 6.07) is 12.6. The predicted octanol–water partition coefficient (Wildman–Crippen LogP) is 4.37. The second kappa shape index (κ2) is 7.92. The summed E-state index contributed by atoms with van der Waals surface area (Å²) in [6.07, 6.45) is 0.291. The van der Waals surface area contributed by atoms with Gasteiger partial charge in [-0.05, 0) is 52.7 Å². The largest absolute Gasteiger partial charge is 0.497 e. The zero-order valence-electron chi connectivity index (χ0n) is 13.1. The molecule has 2 rings (SSSR count). The molecule has 0 unspecified atom stereocenters. The molecule has 0 heterocycles. The number of rotatable bonds is 6. The Labute approximate surface area is 144 Å². The van der Waals surface area contributed by atoms with Crippen LogP contribution in [0.3, 0.4) is 0 Å². The minimum absolute atomic E-state index is 0.0815. The number of ether oxygens (including phenoxy) is 1. The van der Waals surface area contributed by atoms with Crippen LogP contribution in [0.2, 0.25) is 0 Å². The van der Waals surface area contributed by atoms with Crippen molar-refractivity contribution in [2.24, 2.45) is 0 Å². The highest BCUT2D eigenvalue weighted by Crippen LogP contribution is 2.23. The Morgan fingerprint density at radius 3 is 2.61 bits per heavy atom. The quantitative estimate of drug-likeness (QED) is 0.762. The second-order valence-corrected chi connectivity index (χ2v) is 6.04. The fourth-order valence-corrected chi connectivity index (χ4v) is 2.69. The number of anilines is 1. The fraction of sp³-hybridized carbons (Fsp3) is 0.222. The van der Waals surface area contributed by atoms with E-state index in [1.54, 1.807) is 31.4 Å². The van der Waals surface area contributed by atoms with Gasteiger partial charge in [0.25, 0.3) is 0 Å². The summed E-state index contributed by atoms with van der Waals surface area (Å²) in [5.41, 5.74) is 2.35. The van der Waals surface area contributed by atoms with Crippen LogP contribution in [0.4, 0.5) is 5.69 Å². The molecule has 0 aliphatic heterocycles. The molecule has 2 aromatic rings. The second-order valence-electron chi connectivity index (χ2n) is 5.19. The van der Waals surface area contributed by atoms with Gasteiger partial charge in [0.1, 0.15) is 5.75 Å². The van der Waals surface area contributed by atoms with Crippen molar-refractivity contribution in [2.75, 3.05) is 12.4 Å². The van der Waals surface area contributed by atoms with E-state index in [2.05, 4.69) is 21.2 Å². The molecule has 0 radical (unpaired) electrons. The minimum Gasteiger partial charge on any atom is -0.497 e. The maximum atomic E-state index is 12.1. The number of nitrogens with one attached hydrogen (secondary N) is 1. The van der Waals surface area contributed by atoms with E-state index < -0.39 is 0 Å². The minimum atomic E-state index is -0.189. The topological polar surface area (TPSA) is 55.4 Å². The first kappa shape index (κ1) is 17.2. The van der Waals surface area contributed by atoms with E-state index in [1.165, 1.54) is 0 Å². The molecule has 120 valence electrons. The van der Waals surface area contributed by atoms with Gasteiger partial charge in [-0.1, -0.05) is 18.2 Å². The molecule has 0 spiro atoms. The van der Waals surface area contributed by atoms with Crippen LogP contribution >= 0.6 is 15.9 Å². The summed E-state index contributed by atoms with van der Waals surface area (Å²) in [4.78, 5) is 24.1. The number of aryl methyl sites for hydroxylation is 1. The van der Waals surface area contributed by atoms with Gasteiger partial charge < -0.3 is 10.1 Å². The van der Waals surface area contributed by atoms with Gasteiger partial charge >= 0.3 is 0 Å². The standard InChI is InChI=1S/C18H18BrNO3/c1-12-6-7-16(15(19)10-12)20-18(22)9-8-17(21)13-4-3-5-14(11-13)23-2/h3-7,10-11H,8-9H2,1-2H3,(H,20,22). The van der Waals surface area contributed by atoms with Gasteiger partial charge in [-0.25, -0.2) is 0 Å². The highest BCUT2D eigenvalue weighted by Gasteiger charge is 2.11. The fourth-order valence-electron chi connectivity index (χ4n) is 2.10. The van der Waals surface area contributed by atoms with Crippen LogP contribution in [0.5, 0.6) is 5.75 Å². The summed E-state index contributed by atoms with van der Waals surface area (Å²) < 4.78 is 5.92. The highest BCUT2D eigenvalue weighted by atomic mass is 79.9. The smallest absolute Gasteiger partial charge is 0.224 e. The van der Waals surface area contributed by atoms with Crippen molar-refractivity contribution in [1.82, 2.24) is 0 Å². The Morgan fingerprint density at radius 2 is 1.91 bits per heavy atom. The summed E-state index contributed by atoms with van der Waals surface area (Å²) in [7, 11) is 1.55. The number of hydrogen-bond donors (Lipinski definition) is 1. The number of halogens is 1. The molecule has 0 fully saturated rings. The van der Waals surface area contributed by atoms with Crippen LogP contribution in [-0.4, -0.2) is 18.8 Å². The molecule has 0 saturated heterocycles. The molecule has 2 aromatic carbocycles. The molecule has 0 atom stereocenters. The lowest BCUT2D eigenvalue weighted by molar-refractivity contribution is -0.116. The first-order valence-corrected chi connectivity index (χ1v) is 8.02. The molecule has 4 nitrogen and oxygen atoms in total. The number of benzene rings is 2. The third-order valence-electron chi connectivity index (χ3n) is 3.37. The molecular weight excluding hydrogens is 358 g/mol. The monoisotopic (exact) mass is 375 g/mol. The maximum Gasteiger partial charge on any atom is 0.224 e. The molecule has 5 heteroatoms. The molecule has 0 bridgehead atoms. The Morgan fingerprint density at radius 1 is 1.13 bits per heavy atom. The van der Waals surface area contributed by atoms with E-state index in [4.69, 9.17) is 4.74 Å². The Balaban J connectivity index is 1.92. The van der Waals surface area contributed by atoms with E-state index in [0.717, 1.165) is 10.0 Å². The first-order valence-electron chi connectivity index (χ1n) is 7.23. The van der Waals surface area contributed by atoms with Crippen LogP contribution in [0.25, 0.3) is 0 Å². The number of carbonyl (C=O) groups is 2. The number of amides is 1. The van der Waals surface area contributed by atoms with Gasteiger partial charge in [0.15, 0.2) is 5.78 Å². The summed E-state index contributed by atoms with van der Waals surface area (Å²) in [6.45, 7) is 1.98. The third-order valence-corrected chi connectivity index (χ3v) is 4.03. The number of carbonyl (C=O) groups excluding carboxylic acids is 2. The van der Waals surface area contributed by atoms with Crippen molar-refractivity contribution in [3.8, 4) is 5.75 Å². The Hall–Kier alpha value is -2.14. The van der Waals surface area contributed by atoms with Gasteiger partial charge in [0.2, 0.25) is 5.91 Å². The van der Waals surface area contributed by atoms with Crippen molar-refractivity contribution >= 4 is 33.3 Å². The number of methoxy groups -OCH3 is 1. The van der Waals surface area contributed by atoms with Gasteiger partial charge in [0, 0.05) is 22.9 Å². The Kier molecular flexibility index (Phi) is 5.93. The summed E-state index contributed by atoms with van der Waals surface area (Å²) >= 11 is 3.41. The van der Waals surface area contributed by atoms with Crippen LogP contribution in [0.1, 0.15) is 28.8 Å². The summed E-state index contributed by atoms with van der Waals surface area (Å²) in [5, 5.41) is 2.80. The summed E-state index contributed by atoms with van der Waals surface area (Å²) in [5.74, 6) is 0.358. The number of Topliss-reactive ketones (excluding diaryl/α,β-unsaturated/α-hetero) is 1. The van der Waals surface area contributed by atoms with Gasteiger partial charge in [-0.2, -0.15) is 0 Å².